The van der Waals surface area contributed by atoms with E-state index >= 15 is 0 Å². The lowest BCUT2D eigenvalue weighted by atomic mass is 9.56. The zero-order valence-corrected chi connectivity index (χ0v) is 36.0. The molecule has 5 aromatic rings. The van der Waals surface area contributed by atoms with Gasteiger partial charge in [0.1, 0.15) is 36.2 Å². The fourth-order valence-electron chi connectivity index (χ4n) is 11.1. The number of fused-ring (bicyclic) bond motifs is 11. The van der Waals surface area contributed by atoms with E-state index < -0.39 is 17.5 Å². The molecule has 314 valence electrons. The lowest BCUT2D eigenvalue weighted by molar-refractivity contribution is -0.148. The molecular weight excluding hydrogens is 785 g/mol. The second-order valence-electron chi connectivity index (χ2n) is 18.0. The number of ether oxygens (including phenoxy) is 5. The fourth-order valence-corrected chi connectivity index (χ4v) is 12.2. The Morgan fingerprint density at radius 1 is 0.770 bits per heavy atom. The quantitative estimate of drug-likeness (QED) is 0.109. The highest BCUT2D eigenvalue weighted by Gasteiger charge is 2.52. The van der Waals surface area contributed by atoms with Gasteiger partial charge in [-0.1, -0.05) is 85.6 Å². The summed E-state index contributed by atoms with van der Waals surface area (Å²) < 4.78 is 31.1. The van der Waals surface area contributed by atoms with Crippen LogP contribution in [0.5, 0.6) is 23.0 Å². The monoisotopic (exact) mass is 836 g/mol. The van der Waals surface area contributed by atoms with Crippen LogP contribution in [-0.2, 0) is 25.3 Å². The lowest BCUT2D eigenvalue weighted by Crippen LogP contribution is -2.39. The molecule has 8 nitrogen and oxygen atoms in total. The molecule has 2 aliphatic heterocycles. The van der Waals surface area contributed by atoms with Gasteiger partial charge < -0.3 is 28.8 Å². The number of esters is 1. The summed E-state index contributed by atoms with van der Waals surface area (Å²) in [5, 5.41) is 11.1. The molecule has 5 aliphatic rings. The second-order valence-corrected chi connectivity index (χ2v) is 19.6. The van der Waals surface area contributed by atoms with E-state index in [1.807, 2.05) is 36.4 Å². The van der Waals surface area contributed by atoms with Crippen molar-refractivity contribution >= 4 is 40.5 Å². The van der Waals surface area contributed by atoms with Crippen molar-refractivity contribution in [1.82, 2.24) is 0 Å². The molecule has 0 bridgehead atoms. The van der Waals surface area contributed by atoms with Crippen LogP contribution < -0.4 is 18.9 Å². The predicted molar refractivity (Wildman–Crippen MR) is 238 cm³/mol. The average molecular weight is 837 g/mol. The molecule has 1 unspecified atom stereocenters. The maximum Gasteiger partial charge on any atom is 0.306 e. The minimum absolute atomic E-state index is 0.0204. The summed E-state index contributed by atoms with van der Waals surface area (Å²) in [6.07, 6.45) is 15.7. The molecule has 9 heteroatoms. The van der Waals surface area contributed by atoms with E-state index in [4.69, 9.17) is 28.8 Å². The largest absolute Gasteiger partial charge is 0.497 e. The Hall–Kier alpha value is -5.41. The number of rotatable bonds is 10. The number of hydrogen-bond donors (Lipinski definition) is 1. The molecule has 2 fully saturated rings. The first kappa shape index (κ1) is 39.7. The van der Waals surface area contributed by atoms with Gasteiger partial charge >= 0.3 is 11.9 Å². The Balaban J connectivity index is 1.09. The maximum absolute atomic E-state index is 11.9. The third-order valence-electron chi connectivity index (χ3n) is 14.1. The molecule has 0 radical (unpaired) electrons. The van der Waals surface area contributed by atoms with E-state index in [1.54, 1.807) is 18.9 Å². The summed E-state index contributed by atoms with van der Waals surface area (Å²) in [6.45, 7) is 4.42. The Bertz CT molecular complexity index is 2560. The van der Waals surface area contributed by atoms with Crippen LogP contribution in [0.4, 0.5) is 0 Å². The third kappa shape index (κ3) is 6.84. The molecule has 10 rings (SSSR count). The van der Waals surface area contributed by atoms with Gasteiger partial charge in [-0.3, -0.25) is 9.59 Å². The third-order valence-corrected chi connectivity index (χ3v) is 15.2. The van der Waals surface area contributed by atoms with Crippen molar-refractivity contribution in [2.24, 2.45) is 5.41 Å². The van der Waals surface area contributed by atoms with Crippen LogP contribution in [0.3, 0.4) is 0 Å². The Labute approximate surface area is 361 Å². The fraction of sp³-hybridized carbons (Fsp3) is 0.385. The molecule has 2 spiro atoms. The number of carbonyl (C=O) groups excluding carboxylic acids is 1. The topological polar surface area (TPSA) is 101 Å². The number of thioether (sulfide) groups is 1. The summed E-state index contributed by atoms with van der Waals surface area (Å²) >= 11 is 1.75. The van der Waals surface area contributed by atoms with Crippen LogP contribution in [0, 0.1) is 5.41 Å². The van der Waals surface area contributed by atoms with Gasteiger partial charge in [0.15, 0.2) is 10.5 Å². The number of carbonyl (C=O) groups is 2. The van der Waals surface area contributed by atoms with Gasteiger partial charge in [-0.2, -0.15) is 0 Å². The number of aliphatic carboxylic acids is 1. The van der Waals surface area contributed by atoms with Crippen molar-refractivity contribution in [3.63, 3.8) is 0 Å². The van der Waals surface area contributed by atoms with Gasteiger partial charge in [-0.25, -0.2) is 0 Å². The van der Waals surface area contributed by atoms with E-state index in [0.717, 1.165) is 51.5 Å². The molecule has 1 atom stereocenters. The van der Waals surface area contributed by atoms with Crippen molar-refractivity contribution < 1.29 is 38.4 Å². The molecule has 61 heavy (non-hydrogen) atoms. The van der Waals surface area contributed by atoms with Crippen molar-refractivity contribution in [3.05, 3.63) is 119 Å². The summed E-state index contributed by atoms with van der Waals surface area (Å²) in [5.41, 5.74) is 7.89. The Morgan fingerprint density at radius 2 is 1.48 bits per heavy atom. The number of carboxylic acid groups (broad SMARTS) is 1. The molecule has 1 N–H and O–H groups in total. The van der Waals surface area contributed by atoms with Crippen LogP contribution in [0.2, 0.25) is 0 Å². The predicted octanol–water partition coefficient (Wildman–Crippen LogP) is 12.0. The number of carboxylic acids is 1. The highest BCUT2D eigenvalue weighted by Crippen LogP contribution is 2.66. The molecular formula is C52H52O8S. The van der Waals surface area contributed by atoms with Crippen molar-refractivity contribution in [3.8, 4) is 34.1 Å². The molecule has 0 aromatic heterocycles. The highest BCUT2D eigenvalue weighted by atomic mass is 32.2. The van der Waals surface area contributed by atoms with Crippen LogP contribution in [0.15, 0.2) is 95.9 Å². The molecule has 2 heterocycles. The van der Waals surface area contributed by atoms with Gasteiger partial charge in [0.25, 0.3) is 0 Å². The molecule has 0 saturated heterocycles. The smallest absolute Gasteiger partial charge is 0.306 e. The zero-order valence-electron chi connectivity index (χ0n) is 35.1. The first-order chi connectivity index (χ1) is 29.5. The van der Waals surface area contributed by atoms with E-state index in [-0.39, 0.29) is 36.4 Å². The number of hydrogen-bond acceptors (Lipinski definition) is 8. The van der Waals surface area contributed by atoms with Crippen LogP contribution in [0.25, 0.3) is 28.0 Å². The zero-order chi connectivity index (χ0) is 42.0. The van der Waals surface area contributed by atoms with E-state index in [1.165, 1.54) is 78.1 Å². The van der Waals surface area contributed by atoms with Crippen LogP contribution >= 0.6 is 11.8 Å². The Kier molecular flexibility index (Phi) is 9.89. The minimum Gasteiger partial charge on any atom is -0.497 e. The first-order valence-electron chi connectivity index (χ1n) is 21.8. The summed E-state index contributed by atoms with van der Waals surface area (Å²) in [6, 6.07) is 29.8. The van der Waals surface area contributed by atoms with Crippen molar-refractivity contribution in [2.45, 2.75) is 105 Å². The molecule has 0 amide bonds. The highest BCUT2D eigenvalue weighted by molar-refractivity contribution is 8.00. The molecule has 3 aliphatic carbocycles. The van der Waals surface area contributed by atoms with Gasteiger partial charge in [0.2, 0.25) is 0 Å². The minimum atomic E-state index is -1.04. The summed E-state index contributed by atoms with van der Waals surface area (Å²) in [5.74, 6) is 1.58. The van der Waals surface area contributed by atoms with Gasteiger partial charge in [-0.15, -0.1) is 0 Å². The average Bonchev–Trinajstić information content (AvgIpc) is 3.74. The molecule has 5 aromatic carbocycles. The SMILES string of the molecule is COc1ccc(C2(c3ccc(OCCOC(=O)CCC(=O)O)cc3)C=Cc3c4c(c5cc6c(cc5c3O2)SC(C)(C)O6)-c2ccccc2C42CCC3(CCCCC3)CC2)cc1. The second kappa shape index (κ2) is 15.2. The maximum atomic E-state index is 11.9. The number of benzene rings is 5. The van der Waals surface area contributed by atoms with Gasteiger partial charge in [0.05, 0.1) is 24.8 Å². The van der Waals surface area contributed by atoms with Crippen LogP contribution in [-0.4, -0.2) is 42.3 Å². The van der Waals surface area contributed by atoms with Crippen LogP contribution in [0.1, 0.15) is 112 Å². The van der Waals surface area contributed by atoms with E-state index in [0.29, 0.717) is 11.2 Å². The standard InChI is InChI=1S/C52H52O8S/c1-49(2)59-42-31-39-40(32-43(42)61-49)48-38(47-46(39)37-9-5-6-10-41(37)51(47)27-25-50(26-28-51)22-7-4-8-23-50)21-24-52(60-48,33-11-15-35(56-3)16-12-33)34-13-17-36(18-14-34)57-29-30-58-45(55)20-19-44(53)54/h5-6,9-18,21,24,31-32H,4,7-8,19-20,22-23,25-30H2,1-3H3,(H,53,54). The lowest BCUT2D eigenvalue weighted by Gasteiger charge is -2.48. The van der Waals surface area contributed by atoms with Gasteiger partial charge in [-0.05, 0) is 128 Å². The molecule has 2 saturated carbocycles. The number of methoxy groups -OCH3 is 1. The summed E-state index contributed by atoms with van der Waals surface area (Å²) in [7, 11) is 1.68. The van der Waals surface area contributed by atoms with Crippen molar-refractivity contribution in [2.75, 3.05) is 20.3 Å². The van der Waals surface area contributed by atoms with Gasteiger partial charge in [0, 0.05) is 27.5 Å². The van der Waals surface area contributed by atoms with Crippen molar-refractivity contribution in [1.29, 1.82) is 0 Å². The normalized spacial score (nSPS) is 20.8. The Morgan fingerprint density at radius 3 is 2.18 bits per heavy atom. The van der Waals surface area contributed by atoms with E-state index in [2.05, 4.69) is 74.5 Å². The van der Waals surface area contributed by atoms with E-state index in [9.17, 15) is 9.59 Å². The summed E-state index contributed by atoms with van der Waals surface area (Å²) in [4.78, 5) is 23.5. The first-order valence-corrected chi connectivity index (χ1v) is 22.6.